The van der Waals surface area contributed by atoms with E-state index in [1.165, 1.54) is 6.92 Å². The lowest BCUT2D eigenvalue weighted by molar-refractivity contribution is 0.0314. The molecule has 6 heteroatoms. The van der Waals surface area contributed by atoms with Gasteiger partial charge in [0.05, 0.1) is 5.39 Å². The zero-order valence-electron chi connectivity index (χ0n) is 14.7. The fraction of sp³-hybridized carbons (Fsp3) is 0.200. The van der Waals surface area contributed by atoms with Crippen LogP contribution in [-0.2, 0) is 4.74 Å². The summed E-state index contributed by atoms with van der Waals surface area (Å²) in [6, 6.07) is 12.1. The van der Waals surface area contributed by atoms with E-state index >= 15 is 0 Å². The number of carbonyl (C=O) groups is 2. The van der Waals surface area contributed by atoms with Crippen molar-refractivity contribution >= 4 is 22.5 Å². The zero-order chi connectivity index (χ0) is 18.8. The Labute approximate surface area is 149 Å². The molecular formula is C20H18N2O4. The maximum absolute atomic E-state index is 12.6. The van der Waals surface area contributed by atoms with E-state index < -0.39 is 17.6 Å². The fourth-order valence-corrected chi connectivity index (χ4v) is 2.76. The minimum absolute atomic E-state index is 0.0270. The number of carbonyl (C=O) groups excluding carboxylic acids is 2. The Hall–Kier alpha value is -3.28. The van der Waals surface area contributed by atoms with Crippen LogP contribution in [0.3, 0.4) is 0 Å². The summed E-state index contributed by atoms with van der Waals surface area (Å²) in [5.74, 6) is -1.04. The quantitative estimate of drug-likeness (QED) is 0.577. The van der Waals surface area contributed by atoms with Gasteiger partial charge in [-0.25, -0.2) is 9.89 Å². The number of fused-ring (bicyclic) bond motifs is 1. The molecule has 0 fully saturated rings. The predicted octanol–water partition coefficient (Wildman–Crippen LogP) is 2.97. The summed E-state index contributed by atoms with van der Waals surface area (Å²) in [7, 11) is 0. The Balaban J connectivity index is 1.88. The normalized spacial score (nSPS) is 12.0. The number of aromatic nitrogens is 2. The molecule has 3 rings (SSSR count). The van der Waals surface area contributed by atoms with Gasteiger partial charge in [-0.1, -0.05) is 35.9 Å². The lowest BCUT2D eigenvalue weighted by atomic mass is 9.99. The summed E-state index contributed by atoms with van der Waals surface area (Å²) in [5, 5.41) is 6.80. The minimum atomic E-state index is -0.976. The third-order valence-electron chi connectivity index (χ3n) is 4.20. The van der Waals surface area contributed by atoms with Gasteiger partial charge in [-0.2, -0.15) is 5.10 Å². The van der Waals surface area contributed by atoms with Crippen LogP contribution in [0.1, 0.15) is 38.9 Å². The average Bonchev–Trinajstić information content (AvgIpc) is 2.63. The highest BCUT2D eigenvalue weighted by Crippen LogP contribution is 2.17. The number of benzene rings is 2. The molecule has 1 heterocycles. The Bertz CT molecular complexity index is 1070. The van der Waals surface area contributed by atoms with Crippen LogP contribution in [0.15, 0.2) is 47.3 Å². The number of ether oxygens (including phenoxy) is 1. The molecule has 0 aliphatic heterocycles. The van der Waals surface area contributed by atoms with Crippen molar-refractivity contribution in [3.63, 3.8) is 0 Å². The number of aromatic amines is 1. The molecule has 1 N–H and O–H groups in total. The van der Waals surface area contributed by atoms with Crippen molar-refractivity contribution in [2.24, 2.45) is 0 Å². The van der Waals surface area contributed by atoms with E-state index in [-0.39, 0.29) is 11.5 Å². The summed E-state index contributed by atoms with van der Waals surface area (Å²) in [6.45, 7) is 5.25. The molecule has 0 bridgehead atoms. The van der Waals surface area contributed by atoms with Crippen molar-refractivity contribution in [2.75, 3.05) is 0 Å². The second kappa shape index (κ2) is 6.92. The van der Waals surface area contributed by atoms with Crippen molar-refractivity contribution in [3.8, 4) is 0 Å². The zero-order valence-corrected chi connectivity index (χ0v) is 14.7. The first-order valence-corrected chi connectivity index (χ1v) is 8.18. The highest BCUT2D eigenvalue weighted by Gasteiger charge is 2.24. The van der Waals surface area contributed by atoms with Crippen molar-refractivity contribution < 1.29 is 14.3 Å². The van der Waals surface area contributed by atoms with Crippen LogP contribution in [0.5, 0.6) is 0 Å². The first kappa shape index (κ1) is 17.5. The lowest BCUT2D eigenvalue weighted by Crippen LogP contribution is -2.26. The van der Waals surface area contributed by atoms with Gasteiger partial charge in [0.25, 0.3) is 5.56 Å². The van der Waals surface area contributed by atoms with E-state index in [0.29, 0.717) is 16.3 Å². The summed E-state index contributed by atoms with van der Waals surface area (Å²) in [4.78, 5) is 37.0. The first-order valence-electron chi connectivity index (χ1n) is 8.18. The number of nitrogens with zero attached hydrogens (tertiary/aromatic N) is 1. The number of Topliss-reactive ketones (excluding diaryl/α,β-unsaturated/α-hetero) is 1. The van der Waals surface area contributed by atoms with Gasteiger partial charge in [0, 0.05) is 10.9 Å². The molecule has 0 saturated carbocycles. The smallest absolute Gasteiger partial charge is 0.360 e. The van der Waals surface area contributed by atoms with Gasteiger partial charge >= 0.3 is 5.97 Å². The summed E-state index contributed by atoms with van der Waals surface area (Å²) in [6.07, 6.45) is -0.976. The van der Waals surface area contributed by atoms with E-state index in [4.69, 9.17) is 4.74 Å². The Morgan fingerprint density at radius 3 is 2.50 bits per heavy atom. The van der Waals surface area contributed by atoms with Crippen LogP contribution in [0.4, 0.5) is 0 Å². The fourth-order valence-electron chi connectivity index (χ4n) is 2.76. The Morgan fingerprint density at radius 2 is 1.77 bits per heavy atom. The van der Waals surface area contributed by atoms with Crippen LogP contribution in [0.25, 0.3) is 10.8 Å². The average molecular weight is 350 g/mol. The lowest BCUT2D eigenvalue weighted by Gasteiger charge is -2.14. The molecule has 6 nitrogen and oxygen atoms in total. The van der Waals surface area contributed by atoms with Gasteiger partial charge in [-0.15, -0.1) is 0 Å². The van der Waals surface area contributed by atoms with Crippen LogP contribution in [-0.4, -0.2) is 28.1 Å². The second-order valence-electron chi connectivity index (χ2n) is 6.18. The topological polar surface area (TPSA) is 89.1 Å². The van der Waals surface area contributed by atoms with Gasteiger partial charge in [0.1, 0.15) is 0 Å². The van der Waals surface area contributed by atoms with Crippen molar-refractivity contribution in [2.45, 2.75) is 26.9 Å². The van der Waals surface area contributed by atoms with Gasteiger partial charge < -0.3 is 4.74 Å². The molecule has 132 valence electrons. The molecule has 0 aliphatic carbocycles. The van der Waals surface area contributed by atoms with E-state index in [1.807, 2.05) is 26.0 Å². The number of aryl methyl sites for hydroxylation is 2. The molecule has 0 saturated heterocycles. The third-order valence-corrected chi connectivity index (χ3v) is 4.20. The predicted molar refractivity (Wildman–Crippen MR) is 97.5 cm³/mol. The van der Waals surface area contributed by atoms with Gasteiger partial charge in [-0.3, -0.25) is 9.59 Å². The van der Waals surface area contributed by atoms with E-state index in [9.17, 15) is 14.4 Å². The van der Waals surface area contributed by atoms with Crippen LogP contribution in [0.2, 0.25) is 0 Å². The Morgan fingerprint density at radius 1 is 1.08 bits per heavy atom. The summed E-state index contributed by atoms with van der Waals surface area (Å²) in [5.41, 5.74) is 1.86. The maximum atomic E-state index is 12.6. The molecule has 0 spiro atoms. The van der Waals surface area contributed by atoms with Crippen molar-refractivity contribution in [1.29, 1.82) is 0 Å². The standard InChI is InChI=1S/C20H18N2O4/c1-11-8-9-12(2)16(10-11)18(23)13(3)26-20(25)17-14-6-4-5-7-15(14)19(24)22-21-17/h4-10,13H,1-3H3,(H,22,24)/t13-/m1/s1. The number of esters is 1. The molecule has 0 unspecified atom stereocenters. The number of ketones is 1. The van der Waals surface area contributed by atoms with Crippen LogP contribution >= 0.6 is 0 Å². The highest BCUT2D eigenvalue weighted by molar-refractivity contribution is 6.05. The largest absolute Gasteiger partial charge is 0.449 e. The van der Waals surface area contributed by atoms with Crippen LogP contribution in [0, 0.1) is 13.8 Å². The molecule has 1 aromatic heterocycles. The number of hydrogen-bond donors (Lipinski definition) is 1. The number of H-pyrrole nitrogens is 1. The third kappa shape index (κ3) is 3.26. The summed E-state index contributed by atoms with van der Waals surface area (Å²) >= 11 is 0. The number of rotatable bonds is 4. The van der Waals surface area contributed by atoms with E-state index in [0.717, 1.165) is 11.1 Å². The van der Waals surface area contributed by atoms with Crippen molar-refractivity contribution in [3.05, 3.63) is 75.2 Å². The SMILES string of the molecule is Cc1ccc(C)c(C(=O)[C@@H](C)OC(=O)c2n[nH]c(=O)c3ccccc23)c1. The molecule has 26 heavy (non-hydrogen) atoms. The molecule has 0 aliphatic rings. The molecule has 0 amide bonds. The van der Waals surface area contributed by atoms with Gasteiger partial charge in [0.15, 0.2) is 11.8 Å². The van der Waals surface area contributed by atoms with Gasteiger partial charge in [0.2, 0.25) is 5.78 Å². The molecular weight excluding hydrogens is 332 g/mol. The highest BCUT2D eigenvalue weighted by atomic mass is 16.5. The number of nitrogens with one attached hydrogen (secondary N) is 1. The molecule has 0 radical (unpaired) electrons. The molecule has 2 aromatic carbocycles. The Kier molecular flexibility index (Phi) is 4.67. The van der Waals surface area contributed by atoms with E-state index in [2.05, 4.69) is 10.2 Å². The van der Waals surface area contributed by atoms with Gasteiger partial charge in [-0.05, 0) is 38.5 Å². The van der Waals surface area contributed by atoms with Crippen molar-refractivity contribution in [1.82, 2.24) is 10.2 Å². The monoisotopic (exact) mass is 350 g/mol. The second-order valence-corrected chi connectivity index (χ2v) is 6.18. The minimum Gasteiger partial charge on any atom is -0.449 e. The van der Waals surface area contributed by atoms with Crippen LogP contribution < -0.4 is 5.56 Å². The molecule has 3 aromatic rings. The van der Waals surface area contributed by atoms with E-state index in [1.54, 1.807) is 30.3 Å². The maximum Gasteiger partial charge on any atom is 0.360 e. The molecule has 1 atom stereocenters. The number of hydrogen-bond acceptors (Lipinski definition) is 5. The summed E-state index contributed by atoms with van der Waals surface area (Å²) < 4.78 is 5.32. The first-order chi connectivity index (χ1) is 12.4.